The summed E-state index contributed by atoms with van der Waals surface area (Å²) >= 11 is 1.94. The first-order valence-electron chi connectivity index (χ1n) is 5.62. The SMILES string of the molecule is O=C(O)c1cc(-c2cccc(C3CSC3)c2)no1. The molecule has 0 radical (unpaired) electrons. The Morgan fingerprint density at radius 1 is 1.39 bits per heavy atom. The van der Waals surface area contributed by atoms with E-state index in [9.17, 15) is 4.79 Å². The van der Waals surface area contributed by atoms with Gasteiger partial charge >= 0.3 is 5.97 Å². The quantitative estimate of drug-likeness (QED) is 0.920. The number of carboxylic acid groups (broad SMARTS) is 1. The fraction of sp³-hybridized carbons (Fsp3) is 0.231. The van der Waals surface area contributed by atoms with Crippen molar-refractivity contribution in [2.45, 2.75) is 5.92 Å². The van der Waals surface area contributed by atoms with Crippen molar-refractivity contribution in [1.29, 1.82) is 0 Å². The van der Waals surface area contributed by atoms with Gasteiger partial charge in [0, 0.05) is 29.1 Å². The molecule has 0 amide bonds. The molecule has 1 aliphatic rings. The largest absolute Gasteiger partial charge is 0.475 e. The third kappa shape index (κ3) is 2.01. The van der Waals surface area contributed by atoms with E-state index in [1.54, 1.807) is 0 Å². The Morgan fingerprint density at radius 2 is 2.22 bits per heavy atom. The lowest BCUT2D eigenvalue weighted by Crippen LogP contribution is -2.15. The molecule has 0 atom stereocenters. The Hall–Kier alpha value is -1.75. The van der Waals surface area contributed by atoms with Crippen molar-refractivity contribution in [2.75, 3.05) is 11.5 Å². The molecule has 0 bridgehead atoms. The lowest BCUT2D eigenvalue weighted by Gasteiger charge is -2.25. The van der Waals surface area contributed by atoms with Gasteiger partial charge in [-0.15, -0.1) is 0 Å². The zero-order valence-corrected chi connectivity index (χ0v) is 10.3. The number of carbonyl (C=O) groups is 1. The summed E-state index contributed by atoms with van der Waals surface area (Å²) in [6.45, 7) is 0. The normalized spacial score (nSPS) is 15.3. The number of hydrogen-bond acceptors (Lipinski definition) is 4. The van der Waals surface area contributed by atoms with E-state index in [1.807, 2.05) is 23.9 Å². The number of carboxylic acids is 1. The first kappa shape index (κ1) is 11.3. The summed E-state index contributed by atoms with van der Waals surface area (Å²) < 4.78 is 4.77. The minimum Gasteiger partial charge on any atom is -0.475 e. The molecule has 4 nitrogen and oxygen atoms in total. The summed E-state index contributed by atoms with van der Waals surface area (Å²) in [6.07, 6.45) is 0. The lowest BCUT2D eigenvalue weighted by molar-refractivity contribution is 0.0652. The smallest absolute Gasteiger partial charge is 0.374 e. The molecule has 2 aromatic rings. The van der Waals surface area contributed by atoms with Crippen LogP contribution in [0.2, 0.25) is 0 Å². The minimum absolute atomic E-state index is 0.130. The standard InChI is InChI=1S/C13H11NO3S/c15-13(16)12-5-11(14-17-12)9-3-1-2-8(4-9)10-6-18-7-10/h1-5,10H,6-7H2,(H,15,16). The van der Waals surface area contributed by atoms with Gasteiger partial charge in [-0.25, -0.2) is 4.79 Å². The molecule has 1 N–H and O–H groups in total. The fourth-order valence-electron chi connectivity index (χ4n) is 1.89. The van der Waals surface area contributed by atoms with Crippen LogP contribution in [-0.2, 0) is 0 Å². The van der Waals surface area contributed by atoms with Crippen LogP contribution in [0.15, 0.2) is 34.9 Å². The van der Waals surface area contributed by atoms with E-state index in [0.717, 1.165) is 17.1 Å². The summed E-state index contributed by atoms with van der Waals surface area (Å²) in [5.74, 6) is 1.70. The number of rotatable bonds is 3. The highest BCUT2D eigenvalue weighted by Gasteiger charge is 2.21. The lowest BCUT2D eigenvalue weighted by atomic mass is 9.99. The maximum atomic E-state index is 10.7. The highest BCUT2D eigenvalue weighted by Crippen LogP contribution is 2.35. The first-order valence-corrected chi connectivity index (χ1v) is 6.77. The zero-order valence-electron chi connectivity index (χ0n) is 9.50. The van der Waals surface area contributed by atoms with Crippen molar-refractivity contribution < 1.29 is 14.4 Å². The van der Waals surface area contributed by atoms with Gasteiger partial charge in [0.05, 0.1) is 0 Å². The van der Waals surface area contributed by atoms with Crippen molar-refractivity contribution in [1.82, 2.24) is 5.16 Å². The Balaban J connectivity index is 1.92. The molecule has 0 unspecified atom stereocenters. The van der Waals surface area contributed by atoms with Gasteiger partial charge in [-0.3, -0.25) is 0 Å². The molecule has 1 aliphatic heterocycles. The van der Waals surface area contributed by atoms with Crippen LogP contribution < -0.4 is 0 Å². The van der Waals surface area contributed by atoms with Gasteiger partial charge in [0.25, 0.3) is 0 Å². The number of aromatic nitrogens is 1. The number of nitrogens with zero attached hydrogens (tertiary/aromatic N) is 1. The molecule has 18 heavy (non-hydrogen) atoms. The van der Waals surface area contributed by atoms with Gasteiger partial charge in [0.2, 0.25) is 5.76 Å². The molecule has 0 saturated carbocycles. The molecule has 1 aromatic carbocycles. The summed E-state index contributed by atoms with van der Waals surface area (Å²) in [5.41, 5.74) is 2.76. The summed E-state index contributed by atoms with van der Waals surface area (Å²) in [4.78, 5) is 10.7. The highest BCUT2D eigenvalue weighted by atomic mass is 32.2. The number of thioether (sulfide) groups is 1. The maximum absolute atomic E-state index is 10.7. The van der Waals surface area contributed by atoms with Crippen molar-refractivity contribution in [3.63, 3.8) is 0 Å². The molecule has 2 heterocycles. The second kappa shape index (κ2) is 4.49. The molecule has 3 rings (SSSR count). The van der Waals surface area contributed by atoms with Crippen LogP contribution in [0.25, 0.3) is 11.3 Å². The molecule has 0 spiro atoms. The molecule has 1 aromatic heterocycles. The zero-order chi connectivity index (χ0) is 12.5. The predicted molar refractivity (Wildman–Crippen MR) is 69.0 cm³/mol. The summed E-state index contributed by atoms with van der Waals surface area (Å²) in [7, 11) is 0. The van der Waals surface area contributed by atoms with E-state index in [4.69, 9.17) is 9.63 Å². The molecule has 1 saturated heterocycles. The monoisotopic (exact) mass is 261 g/mol. The van der Waals surface area contributed by atoms with Crippen molar-refractivity contribution >= 4 is 17.7 Å². The van der Waals surface area contributed by atoms with Gasteiger partial charge in [0.15, 0.2) is 0 Å². The average Bonchev–Trinajstić information content (AvgIpc) is 2.76. The minimum atomic E-state index is -1.10. The van der Waals surface area contributed by atoms with Crippen LogP contribution >= 0.6 is 11.8 Å². The third-order valence-electron chi connectivity index (χ3n) is 3.01. The summed E-state index contributed by atoms with van der Waals surface area (Å²) in [5, 5.41) is 12.6. The number of aromatic carboxylic acids is 1. The fourth-order valence-corrected chi connectivity index (χ4v) is 2.75. The van der Waals surface area contributed by atoms with Gasteiger partial charge in [-0.05, 0) is 11.6 Å². The first-order chi connectivity index (χ1) is 8.74. The molecular weight excluding hydrogens is 250 g/mol. The van der Waals surface area contributed by atoms with Crippen LogP contribution in [0.4, 0.5) is 0 Å². The van der Waals surface area contributed by atoms with Crippen LogP contribution in [0.5, 0.6) is 0 Å². The Bertz CT molecular complexity index is 589. The summed E-state index contributed by atoms with van der Waals surface area (Å²) in [6, 6.07) is 9.51. The van der Waals surface area contributed by atoms with Crippen LogP contribution in [0.3, 0.4) is 0 Å². The molecule has 92 valence electrons. The maximum Gasteiger partial charge on any atom is 0.374 e. The number of hydrogen-bond donors (Lipinski definition) is 1. The topological polar surface area (TPSA) is 63.3 Å². The van der Waals surface area contributed by atoms with Gasteiger partial charge in [-0.2, -0.15) is 11.8 Å². The average molecular weight is 261 g/mol. The van der Waals surface area contributed by atoms with Crippen molar-refractivity contribution in [3.8, 4) is 11.3 Å². The van der Waals surface area contributed by atoms with Crippen molar-refractivity contribution in [2.24, 2.45) is 0 Å². The van der Waals surface area contributed by atoms with E-state index < -0.39 is 5.97 Å². The molecule has 0 aliphatic carbocycles. The molecule has 5 heteroatoms. The molecule has 1 fully saturated rings. The number of benzene rings is 1. The van der Waals surface area contributed by atoms with E-state index in [2.05, 4.69) is 17.3 Å². The molecular formula is C13H11NO3S. The van der Waals surface area contributed by atoms with Crippen molar-refractivity contribution in [3.05, 3.63) is 41.7 Å². The van der Waals surface area contributed by atoms with Gasteiger partial charge in [0.1, 0.15) is 5.69 Å². The van der Waals surface area contributed by atoms with Crippen LogP contribution in [0, 0.1) is 0 Å². The van der Waals surface area contributed by atoms with Crippen LogP contribution in [-0.4, -0.2) is 27.7 Å². The van der Waals surface area contributed by atoms with Gasteiger partial charge in [-0.1, -0.05) is 23.4 Å². The van der Waals surface area contributed by atoms with E-state index >= 15 is 0 Å². The second-order valence-electron chi connectivity index (χ2n) is 4.24. The Labute approximate surface area is 108 Å². The van der Waals surface area contributed by atoms with E-state index in [-0.39, 0.29) is 5.76 Å². The second-order valence-corrected chi connectivity index (χ2v) is 5.32. The van der Waals surface area contributed by atoms with Gasteiger partial charge < -0.3 is 9.63 Å². The van der Waals surface area contributed by atoms with Crippen LogP contribution in [0.1, 0.15) is 22.0 Å². The van der Waals surface area contributed by atoms with E-state index in [0.29, 0.717) is 11.6 Å². The highest BCUT2D eigenvalue weighted by molar-refractivity contribution is 8.00. The Morgan fingerprint density at radius 3 is 2.83 bits per heavy atom. The third-order valence-corrected chi connectivity index (χ3v) is 4.29. The van der Waals surface area contributed by atoms with E-state index in [1.165, 1.54) is 11.6 Å². The predicted octanol–water partition coefficient (Wildman–Crippen LogP) is 2.87. The Kier molecular flexibility index (Phi) is 2.83.